The molecular formula is C22H34N2O3. The lowest BCUT2D eigenvalue weighted by Crippen LogP contribution is -2.34. The van der Waals surface area contributed by atoms with Crippen molar-refractivity contribution in [1.82, 2.24) is 9.80 Å². The molecule has 0 spiro atoms. The summed E-state index contributed by atoms with van der Waals surface area (Å²) >= 11 is 0. The van der Waals surface area contributed by atoms with Crippen molar-refractivity contribution in [3.05, 3.63) is 29.3 Å². The number of fused-ring (bicyclic) bond motifs is 1. The van der Waals surface area contributed by atoms with Gasteiger partial charge in [-0.1, -0.05) is 12.5 Å². The Morgan fingerprint density at radius 3 is 2.48 bits per heavy atom. The van der Waals surface area contributed by atoms with E-state index < -0.39 is 0 Å². The summed E-state index contributed by atoms with van der Waals surface area (Å²) in [7, 11) is 0. The van der Waals surface area contributed by atoms with Gasteiger partial charge in [0.1, 0.15) is 5.75 Å². The number of hydrogen-bond acceptors (Lipinski definition) is 5. The van der Waals surface area contributed by atoms with Crippen LogP contribution in [0.15, 0.2) is 18.2 Å². The monoisotopic (exact) mass is 374 g/mol. The second-order valence-corrected chi connectivity index (χ2v) is 8.01. The highest BCUT2D eigenvalue weighted by atomic mass is 16.7. The molecular weight excluding hydrogens is 340 g/mol. The number of rotatable bonds is 7. The second kappa shape index (κ2) is 9.87. The highest BCUT2D eigenvalue weighted by molar-refractivity contribution is 5.36. The molecule has 5 nitrogen and oxygen atoms in total. The molecule has 1 aromatic carbocycles. The fraction of sp³-hybridized carbons (Fsp3) is 0.727. The Kier molecular flexibility index (Phi) is 7.02. The molecule has 0 saturated carbocycles. The van der Waals surface area contributed by atoms with Gasteiger partial charge in [0.15, 0.2) is 6.29 Å². The highest BCUT2D eigenvalue weighted by Gasteiger charge is 2.22. The van der Waals surface area contributed by atoms with E-state index in [-0.39, 0.29) is 6.29 Å². The van der Waals surface area contributed by atoms with Gasteiger partial charge in [-0.15, -0.1) is 0 Å². The van der Waals surface area contributed by atoms with Crippen LogP contribution in [0.1, 0.15) is 36.8 Å². The van der Waals surface area contributed by atoms with E-state index in [4.69, 9.17) is 14.2 Å². The zero-order valence-electron chi connectivity index (χ0n) is 16.5. The van der Waals surface area contributed by atoms with E-state index >= 15 is 0 Å². The van der Waals surface area contributed by atoms with Crippen LogP contribution in [-0.2, 0) is 22.3 Å². The van der Waals surface area contributed by atoms with Crippen LogP contribution in [0.4, 0.5) is 0 Å². The van der Waals surface area contributed by atoms with E-state index in [0.717, 1.165) is 64.5 Å². The summed E-state index contributed by atoms with van der Waals surface area (Å²) in [5.41, 5.74) is 2.91. The normalized spacial score (nSPS) is 22.5. The molecule has 27 heavy (non-hydrogen) atoms. The van der Waals surface area contributed by atoms with Crippen molar-refractivity contribution in [2.75, 3.05) is 59.1 Å². The smallest absolute Gasteiger partial charge is 0.170 e. The Balaban J connectivity index is 1.22. The predicted octanol–water partition coefficient (Wildman–Crippen LogP) is 2.71. The number of piperidine rings is 1. The minimum atomic E-state index is -0.0370. The lowest BCUT2D eigenvalue weighted by molar-refractivity contribution is -0.0613. The molecule has 0 N–H and O–H groups in total. The van der Waals surface area contributed by atoms with Crippen LogP contribution in [0.2, 0.25) is 0 Å². The van der Waals surface area contributed by atoms with Gasteiger partial charge in [-0.2, -0.15) is 0 Å². The van der Waals surface area contributed by atoms with Gasteiger partial charge in [0, 0.05) is 26.2 Å². The third-order valence-corrected chi connectivity index (χ3v) is 6.01. The Bertz CT molecular complexity index is 583. The number of ether oxygens (including phenoxy) is 3. The quantitative estimate of drug-likeness (QED) is 0.686. The van der Waals surface area contributed by atoms with Crippen molar-refractivity contribution in [2.45, 2.75) is 44.8 Å². The lowest BCUT2D eigenvalue weighted by atomic mass is 10.0. The van der Waals surface area contributed by atoms with Crippen molar-refractivity contribution in [1.29, 1.82) is 0 Å². The maximum atomic E-state index is 6.06. The van der Waals surface area contributed by atoms with E-state index in [1.165, 1.54) is 50.0 Å². The molecule has 2 saturated heterocycles. The highest BCUT2D eigenvalue weighted by Crippen LogP contribution is 2.23. The molecule has 3 aliphatic rings. The van der Waals surface area contributed by atoms with Crippen molar-refractivity contribution in [3.63, 3.8) is 0 Å². The molecule has 0 radical (unpaired) electrons. The predicted molar refractivity (Wildman–Crippen MR) is 106 cm³/mol. The molecule has 0 atom stereocenters. The molecule has 3 heterocycles. The van der Waals surface area contributed by atoms with E-state index in [9.17, 15) is 0 Å². The molecule has 2 fully saturated rings. The SMILES string of the molecule is c1cc2c(cc1OCCCN1CCCCC1)CCN(CC1OCCO1)CC2. The van der Waals surface area contributed by atoms with Gasteiger partial charge in [0.05, 0.1) is 19.8 Å². The molecule has 3 aliphatic heterocycles. The van der Waals surface area contributed by atoms with Gasteiger partial charge < -0.3 is 19.1 Å². The third kappa shape index (κ3) is 5.67. The maximum Gasteiger partial charge on any atom is 0.170 e. The van der Waals surface area contributed by atoms with Crippen LogP contribution in [-0.4, -0.2) is 75.2 Å². The molecule has 4 rings (SSSR count). The Labute approximate surface area is 163 Å². The van der Waals surface area contributed by atoms with E-state index in [1.807, 2.05) is 0 Å². The first-order chi connectivity index (χ1) is 13.4. The summed E-state index contributed by atoms with van der Waals surface area (Å²) < 4.78 is 17.3. The van der Waals surface area contributed by atoms with Gasteiger partial charge in [-0.05, 0) is 68.5 Å². The van der Waals surface area contributed by atoms with Gasteiger partial charge in [0.2, 0.25) is 0 Å². The van der Waals surface area contributed by atoms with Crippen LogP contribution in [0.3, 0.4) is 0 Å². The van der Waals surface area contributed by atoms with E-state index in [2.05, 4.69) is 28.0 Å². The molecule has 1 aromatic rings. The first-order valence-electron chi connectivity index (χ1n) is 10.8. The second-order valence-electron chi connectivity index (χ2n) is 8.01. The average molecular weight is 375 g/mol. The first-order valence-corrected chi connectivity index (χ1v) is 10.8. The van der Waals surface area contributed by atoms with Gasteiger partial charge in [-0.3, -0.25) is 4.90 Å². The topological polar surface area (TPSA) is 34.2 Å². The fourth-order valence-electron chi connectivity index (χ4n) is 4.40. The lowest BCUT2D eigenvalue weighted by Gasteiger charge is -2.26. The molecule has 0 aromatic heterocycles. The molecule has 0 amide bonds. The zero-order chi connectivity index (χ0) is 18.3. The summed E-state index contributed by atoms with van der Waals surface area (Å²) in [6.45, 7) is 9.02. The van der Waals surface area contributed by atoms with Crippen molar-refractivity contribution >= 4 is 0 Å². The van der Waals surface area contributed by atoms with Crippen molar-refractivity contribution in [3.8, 4) is 5.75 Å². The zero-order valence-corrected chi connectivity index (χ0v) is 16.5. The van der Waals surface area contributed by atoms with Crippen molar-refractivity contribution in [2.24, 2.45) is 0 Å². The number of nitrogens with zero attached hydrogens (tertiary/aromatic N) is 2. The summed E-state index contributed by atoms with van der Waals surface area (Å²) in [5, 5.41) is 0. The van der Waals surface area contributed by atoms with Crippen LogP contribution in [0, 0.1) is 0 Å². The maximum absolute atomic E-state index is 6.06. The van der Waals surface area contributed by atoms with Gasteiger partial charge >= 0.3 is 0 Å². The van der Waals surface area contributed by atoms with Gasteiger partial charge in [0.25, 0.3) is 0 Å². The third-order valence-electron chi connectivity index (χ3n) is 6.01. The van der Waals surface area contributed by atoms with Gasteiger partial charge in [-0.25, -0.2) is 0 Å². The fourth-order valence-corrected chi connectivity index (χ4v) is 4.40. The summed E-state index contributed by atoms with van der Waals surface area (Å²) in [4.78, 5) is 5.05. The minimum Gasteiger partial charge on any atom is -0.494 e. The molecule has 0 unspecified atom stereocenters. The van der Waals surface area contributed by atoms with Crippen LogP contribution in [0.5, 0.6) is 5.75 Å². The standard InChI is InChI=1S/C22H34N2O3/c1-2-9-23(10-3-1)11-4-14-25-21-6-5-19-7-12-24(13-8-20(19)17-21)18-22-26-15-16-27-22/h5-6,17,22H,1-4,7-16,18H2. The Morgan fingerprint density at radius 1 is 0.889 bits per heavy atom. The molecule has 0 aliphatic carbocycles. The first kappa shape index (κ1) is 19.2. The van der Waals surface area contributed by atoms with E-state index in [1.54, 1.807) is 0 Å². The Hall–Kier alpha value is -1.14. The summed E-state index contributed by atoms with van der Waals surface area (Å²) in [6, 6.07) is 6.68. The number of benzene rings is 1. The van der Waals surface area contributed by atoms with E-state index in [0.29, 0.717) is 0 Å². The number of likely N-dealkylation sites (tertiary alicyclic amines) is 1. The average Bonchev–Trinajstić information content (AvgIpc) is 3.14. The van der Waals surface area contributed by atoms with Crippen LogP contribution >= 0.6 is 0 Å². The van der Waals surface area contributed by atoms with Crippen molar-refractivity contribution < 1.29 is 14.2 Å². The Morgan fingerprint density at radius 2 is 1.67 bits per heavy atom. The minimum absolute atomic E-state index is 0.0370. The summed E-state index contributed by atoms with van der Waals surface area (Å²) in [6.07, 6.45) is 7.38. The molecule has 150 valence electrons. The van der Waals surface area contributed by atoms with Crippen LogP contribution in [0.25, 0.3) is 0 Å². The summed E-state index contributed by atoms with van der Waals surface area (Å²) in [5.74, 6) is 1.03. The molecule has 5 heteroatoms. The van der Waals surface area contributed by atoms with Crippen LogP contribution < -0.4 is 4.74 Å². The molecule has 0 bridgehead atoms. The largest absolute Gasteiger partial charge is 0.494 e. The number of hydrogen-bond donors (Lipinski definition) is 0.